The Morgan fingerprint density at radius 1 is 0.621 bits per heavy atom. The summed E-state index contributed by atoms with van der Waals surface area (Å²) >= 11 is 0. The van der Waals surface area contributed by atoms with Gasteiger partial charge in [-0.2, -0.15) is 27.5 Å². The van der Waals surface area contributed by atoms with Crippen molar-refractivity contribution in [3.8, 4) is 23.0 Å². The third-order valence-electron chi connectivity index (χ3n) is 3.67. The number of benzene rings is 1. The Kier molecular flexibility index (Phi) is 5.11. The molecule has 0 saturated carbocycles. The van der Waals surface area contributed by atoms with E-state index in [1.54, 1.807) is 5.92 Å². The second-order valence-corrected chi connectivity index (χ2v) is 5.41. The summed E-state index contributed by atoms with van der Waals surface area (Å²) in [7, 11) is 0. The van der Waals surface area contributed by atoms with Gasteiger partial charge >= 0.3 is 0 Å². The van der Waals surface area contributed by atoms with Crippen LogP contribution in [0.2, 0.25) is 0 Å². The molecule has 1 aromatic carbocycles. The first-order valence-electron chi connectivity index (χ1n) is 7.44. The van der Waals surface area contributed by atoms with E-state index in [0.717, 1.165) is 18.2 Å². The quantitative estimate of drug-likeness (QED) is 0.280. The number of nitrogens with two attached hydrogens (primary N) is 1. The van der Waals surface area contributed by atoms with E-state index in [0.29, 0.717) is 0 Å². The van der Waals surface area contributed by atoms with Crippen molar-refractivity contribution in [1.29, 1.82) is 0 Å². The molecular weight excluding hydrogens is 410 g/mol. The SMILES string of the molecule is Nc1cccc(-c2c(F)c(F)nc(F)c2F)c1C#Cc1c(F)c(F)nc(F)c1F. The number of hydrogen-bond acceptors (Lipinski definition) is 3. The standard InChI is InChI=1S/C18H5F8N3/c19-11-8(12(20)16(24)28-15(11)23)5-4-6-7(2-1-3-9(6)27)10-13(21)17(25)29-18(26)14(10)22/h1-3H,27H2. The lowest BCUT2D eigenvalue weighted by molar-refractivity contribution is 0.404. The highest BCUT2D eigenvalue weighted by Gasteiger charge is 2.24. The highest BCUT2D eigenvalue weighted by molar-refractivity contribution is 5.78. The van der Waals surface area contributed by atoms with Crippen LogP contribution in [0.5, 0.6) is 0 Å². The van der Waals surface area contributed by atoms with Crippen LogP contribution in [-0.4, -0.2) is 9.97 Å². The van der Waals surface area contributed by atoms with Gasteiger partial charge in [0, 0.05) is 11.3 Å². The molecule has 0 fully saturated rings. The molecule has 0 saturated heterocycles. The molecule has 0 bridgehead atoms. The van der Waals surface area contributed by atoms with Crippen molar-refractivity contribution in [2.75, 3.05) is 5.73 Å². The van der Waals surface area contributed by atoms with Gasteiger partial charge in [-0.25, -0.2) is 17.6 Å². The first kappa shape index (κ1) is 20.1. The average molecular weight is 415 g/mol. The zero-order valence-electron chi connectivity index (χ0n) is 13.7. The number of aromatic nitrogens is 2. The summed E-state index contributed by atoms with van der Waals surface area (Å²) < 4.78 is 109. The van der Waals surface area contributed by atoms with Crippen LogP contribution in [0.15, 0.2) is 18.2 Å². The molecule has 2 N–H and O–H groups in total. The van der Waals surface area contributed by atoms with Gasteiger partial charge in [0.25, 0.3) is 23.8 Å². The number of rotatable bonds is 1. The van der Waals surface area contributed by atoms with Crippen LogP contribution in [0.25, 0.3) is 11.1 Å². The summed E-state index contributed by atoms with van der Waals surface area (Å²) in [5.41, 5.74) is 1.59. The Bertz CT molecular complexity index is 1160. The molecule has 11 heteroatoms. The molecule has 2 heterocycles. The Hall–Kier alpha value is -3.68. The minimum atomic E-state index is -1.98. The molecule has 0 atom stereocenters. The highest BCUT2D eigenvalue weighted by Crippen LogP contribution is 2.33. The van der Waals surface area contributed by atoms with E-state index in [9.17, 15) is 35.1 Å². The van der Waals surface area contributed by atoms with Crippen molar-refractivity contribution in [2.45, 2.75) is 0 Å². The molecule has 0 spiro atoms. The molecule has 0 radical (unpaired) electrons. The number of nitrogens with zero attached hydrogens (tertiary/aromatic N) is 2. The van der Waals surface area contributed by atoms with E-state index in [4.69, 9.17) is 5.73 Å². The summed E-state index contributed by atoms with van der Waals surface area (Å²) in [5.74, 6) is -11.7. The highest BCUT2D eigenvalue weighted by atomic mass is 19.2. The van der Waals surface area contributed by atoms with E-state index in [1.807, 2.05) is 5.92 Å². The van der Waals surface area contributed by atoms with Crippen LogP contribution in [0.3, 0.4) is 0 Å². The van der Waals surface area contributed by atoms with Crippen molar-refractivity contribution < 1.29 is 35.1 Å². The molecule has 3 aromatic rings. The minimum Gasteiger partial charge on any atom is -0.398 e. The lowest BCUT2D eigenvalue weighted by Crippen LogP contribution is -2.05. The number of nitrogen functional groups attached to an aromatic ring is 1. The third kappa shape index (κ3) is 3.44. The van der Waals surface area contributed by atoms with Crippen LogP contribution in [0, 0.1) is 58.9 Å². The first-order valence-corrected chi connectivity index (χ1v) is 7.44. The van der Waals surface area contributed by atoms with Gasteiger partial charge in [0.2, 0.25) is 0 Å². The summed E-state index contributed by atoms with van der Waals surface area (Å²) in [6, 6.07) is 3.26. The molecule has 0 amide bonds. The zero-order valence-corrected chi connectivity index (χ0v) is 13.7. The van der Waals surface area contributed by atoms with Gasteiger partial charge in [0.15, 0.2) is 23.3 Å². The number of hydrogen-bond donors (Lipinski definition) is 1. The van der Waals surface area contributed by atoms with Gasteiger partial charge < -0.3 is 5.73 Å². The first-order chi connectivity index (χ1) is 13.6. The Morgan fingerprint density at radius 2 is 1.07 bits per heavy atom. The number of anilines is 1. The van der Waals surface area contributed by atoms with Gasteiger partial charge in [-0.15, -0.1) is 0 Å². The van der Waals surface area contributed by atoms with E-state index in [1.165, 1.54) is 0 Å². The summed E-state index contributed by atoms with van der Waals surface area (Å²) in [5, 5.41) is 0. The van der Waals surface area contributed by atoms with Crippen LogP contribution in [0.1, 0.15) is 11.1 Å². The summed E-state index contributed by atoms with van der Waals surface area (Å²) in [6.45, 7) is 0. The Morgan fingerprint density at radius 3 is 1.59 bits per heavy atom. The van der Waals surface area contributed by atoms with Crippen molar-refractivity contribution in [3.63, 3.8) is 0 Å². The van der Waals surface area contributed by atoms with Crippen LogP contribution in [-0.2, 0) is 0 Å². The molecule has 2 aromatic heterocycles. The van der Waals surface area contributed by atoms with E-state index in [-0.39, 0.29) is 5.69 Å². The predicted molar refractivity (Wildman–Crippen MR) is 84.0 cm³/mol. The van der Waals surface area contributed by atoms with Crippen molar-refractivity contribution in [1.82, 2.24) is 9.97 Å². The maximum absolute atomic E-state index is 14.1. The molecule has 3 nitrogen and oxygen atoms in total. The van der Waals surface area contributed by atoms with Gasteiger partial charge in [0.1, 0.15) is 5.56 Å². The molecular formula is C18H5F8N3. The predicted octanol–water partition coefficient (Wildman–Crippen LogP) is 4.24. The Balaban J connectivity index is 2.30. The van der Waals surface area contributed by atoms with Crippen LogP contribution < -0.4 is 5.73 Å². The topological polar surface area (TPSA) is 51.8 Å². The Labute approximate surface area is 156 Å². The molecule has 0 unspecified atom stereocenters. The lowest BCUT2D eigenvalue weighted by atomic mass is 9.98. The average Bonchev–Trinajstić information content (AvgIpc) is 2.66. The van der Waals surface area contributed by atoms with Gasteiger partial charge in [0.05, 0.1) is 11.1 Å². The fraction of sp³-hybridized carbons (Fsp3) is 0. The maximum atomic E-state index is 14.1. The van der Waals surface area contributed by atoms with Crippen molar-refractivity contribution in [3.05, 3.63) is 76.4 Å². The molecule has 3 rings (SSSR count). The molecule has 148 valence electrons. The van der Waals surface area contributed by atoms with Gasteiger partial charge in [-0.1, -0.05) is 24.0 Å². The van der Waals surface area contributed by atoms with E-state index >= 15 is 0 Å². The van der Waals surface area contributed by atoms with E-state index in [2.05, 4.69) is 9.97 Å². The largest absolute Gasteiger partial charge is 0.398 e. The fourth-order valence-electron chi connectivity index (χ4n) is 2.36. The smallest absolute Gasteiger partial charge is 0.253 e. The number of pyridine rings is 2. The molecule has 0 aliphatic carbocycles. The van der Waals surface area contributed by atoms with Crippen LogP contribution in [0.4, 0.5) is 40.8 Å². The minimum absolute atomic E-state index is 0.317. The van der Waals surface area contributed by atoms with Crippen molar-refractivity contribution >= 4 is 5.69 Å². The summed E-state index contributed by atoms with van der Waals surface area (Å²) in [6.07, 6.45) is 0. The number of halogens is 8. The van der Waals surface area contributed by atoms with E-state index < -0.39 is 69.3 Å². The molecule has 0 aliphatic heterocycles. The molecule has 0 aliphatic rings. The second kappa shape index (κ2) is 7.38. The second-order valence-electron chi connectivity index (χ2n) is 5.41. The summed E-state index contributed by atoms with van der Waals surface area (Å²) in [4.78, 5) is 4.76. The normalized spacial score (nSPS) is 10.6. The third-order valence-corrected chi connectivity index (χ3v) is 3.67. The van der Waals surface area contributed by atoms with Gasteiger partial charge in [-0.05, 0) is 6.07 Å². The maximum Gasteiger partial charge on any atom is 0.253 e. The van der Waals surface area contributed by atoms with Gasteiger partial charge in [-0.3, -0.25) is 0 Å². The van der Waals surface area contributed by atoms with Crippen molar-refractivity contribution in [2.24, 2.45) is 0 Å². The van der Waals surface area contributed by atoms with Crippen LogP contribution >= 0.6 is 0 Å². The monoisotopic (exact) mass is 415 g/mol. The molecule has 29 heavy (non-hydrogen) atoms. The zero-order chi connectivity index (χ0) is 21.5. The lowest BCUT2D eigenvalue weighted by Gasteiger charge is -2.10. The fourth-order valence-corrected chi connectivity index (χ4v) is 2.36.